The first kappa shape index (κ1) is 29.0. The third-order valence-corrected chi connectivity index (χ3v) is 6.60. The molecule has 2 aromatic rings. The van der Waals surface area contributed by atoms with Crippen molar-refractivity contribution in [1.29, 1.82) is 0 Å². The predicted octanol–water partition coefficient (Wildman–Crippen LogP) is 5.88. The summed E-state index contributed by atoms with van der Waals surface area (Å²) in [6.45, 7) is 4.76. The number of unbranched alkanes of at least 4 members (excludes halogenated alkanes) is 3. The third kappa shape index (κ3) is 10.4. The van der Waals surface area contributed by atoms with Crippen molar-refractivity contribution in [3.05, 3.63) is 72.3 Å². The molecule has 0 heterocycles. The van der Waals surface area contributed by atoms with Crippen LogP contribution in [0.25, 0.3) is 6.08 Å². The molecule has 204 valence electrons. The first-order chi connectivity index (χ1) is 18.4. The highest BCUT2D eigenvalue weighted by atomic mass is 16.5. The Bertz CT molecular complexity index is 1050. The number of rotatable bonds is 14. The number of allylic oxidation sites excluding steroid dienone is 1. The van der Waals surface area contributed by atoms with Gasteiger partial charge in [0.15, 0.2) is 0 Å². The maximum absolute atomic E-state index is 12.6. The van der Waals surface area contributed by atoms with E-state index in [1.165, 1.54) is 6.08 Å². The van der Waals surface area contributed by atoms with Crippen LogP contribution in [0, 0.1) is 5.92 Å². The van der Waals surface area contributed by atoms with Gasteiger partial charge in [0.05, 0.1) is 18.6 Å². The minimum atomic E-state index is -0.440. The van der Waals surface area contributed by atoms with Crippen molar-refractivity contribution in [2.45, 2.75) is 63.9 Å². The Morgan fingerprint density at radius 2 is 1.63 bits per heavy atom. The quantitative estimate of drug-likeness (QED) is 0.0799. The van der Waals surface area contributed by atoms with Gasteiger partial charge in [0.2, 0.25) is 0 Å². The number of hydrogen-bond acceptors (Lipinski definition) is 7. The van der Waals surface area contributed by atoms with E-state index in [1.54, 1.807) is 36.4 Å². The molecule has 0 spiro atoms. The van der Waals surface area contributed by atoms with Crippen LogP contribution in [0.2, 0.25) is 0 Å². The molecule has 4 N–H and O–H groups in total. The van der Waals surface area contributed by atoms with Gasteiger partial charge in [-0.25, -0.2) is 4.79 Å². The summed E-state index contributed by atoms with van der Waals surface area (Å²) in [6, 6.07) is 12.3. The molecule has 0 bridgehead atoms. The van der Waals surface area contributed by atoms with Gasteiger partial charge in [-0.2, -0.15) is 0 Å². The van der Waals surface area contributed by atoms with Gasteiger partial charge in [0.25, 0.3) is 0 Å². The summed E-state index contributed by atoms with van der Waals surface area (Å²) in [5.74, 6) is -0.235. The molecule has 1 aliphatic rings. The van der Waals surface area contributed by atoms with Gasteiger partial charge >= 0.3 is 11.9 Å². The van der Waals surface area contributed by atoms with Crippen LogP contribution in [-0.2, 0) is 25.5 Å². The SMILES string of the molecule is C=CCCCCCOC1CCC(C(=O)Oc2ccc(/C=C/C(=O)OCCc3cc(N)cc(N)c3)cc2)CC1. The van der Waals surface area contributed by atoms with Crippen molar-refractivity contribution in [3.63, 3.8) is 0 Å². The average Bonchev–Trinajstić information content (AvgIpc) is 2.90. The lowest BCUT2D eigenvalue weighted by atomic mass is 9.87. The van der Waals surface area contributed by atoms with E-state index in [2.05, 4.69) is 6.58 Å². The molecule has 1 saturated carbocycles. The summed E-state index contributed by atoms with van der Waals surface area (Å²) in [5.41, 5.74) is 14.4. The first-order valence-corrected chi connectivity index (χ1v) is 13.5. The van der Waals surface area contributed by atoms with E-state index in [1.807, 2.05) is 18.2 Å². The molecule has 0 saturated heterocycles. The highest BCUT2D eigenvalue weighted by Crippen LogP contribution is 2.28. The van der Waals surface area contributed by atoms with Crippen molar-refractivity contribution < 1.29 is 23.8 Å². The van der Waals surface area contributed by atoms with E-state index in [4.69, 9.17) is 25.7 Å². The average molecular weight is 521 g/mol. The fourth-order valence-corrected chi connectivity index (χ4v) is 4.50. The molecule has 7 nitrogen and oxygen atoms in total. The van der Waals surface area contributed by atoms with E-state index >= 15 is 0 Å². The van der Waals surface area contributed by atoms with Crippen molar-refractivity contribution in [2.24, 2.45) is 5.92 Å². The smallest absolute Gasteiger partial charge is 0.330 e. The van der Waals surface area contributed by atoms with Crippen molar-refractivity contribution in [1.82, 2.24) is 0 Å². The second-order valence-corrected chi connectivity index (χ2v) is 9.73. The molecular weight excluding hydrogens is 480 g/mol. The summed E-state index contributed by atoms with van der Waals surface area (Å²) in [5, 5.41) is 0. The number of carbonyl (C=O) groups is 2. The molecule has 3 rings (SSSR count). The van der Waals surface area contributed by atoms with Crippen LogP contribution >= 0.6 is 0 Å². The zero-order chi connectivity index (χ0) is 27.2. The molecule has 7 heteroatoms. The lowest BCUT2D eigenvalue weighted by Crippen LogP contribution is -2.29. The van der Waals surface area contributed by atoms with E-state index < -0.39 is 5.97 Å². The largest absolute Gasteiger partial charge is 0.462 e. The topological polar surface area (TPSA) is 114 Å². The Kier molecular flexibility index (Phi) is 11.9. The molecule has 2 aromatic carbocycles. The summed E-state index contributed by atoms with van der Waals surface area (Å²) >= 11 is 0. The number of esters is 2. The summed E-state index contributed by atoms with van der Waals surface area (Å²) < 4.78 is 16.8. The molecule has 0 atom stereocenters. The third-order valence-electron chi connectivity index (χ3n) is 6.60. The van der Waals surface area contributed by atoms with Gasteiger partial charge in [0, 0.05) is 30.5 Å². The molecule has 1 aliphatic carbocycles. The summed E-state index contributed by atoms with van der Waals surface area (Å²) in [6.07, 6.45) is 13.6. The Hall–Kier alpha value is -3.58. The second kappa shape index (κ2) is 15.6. The van der Waals surface area contributed by atoms with E-state index in [0.29, 0.717) is 23.5 Å². The van der Waals surface area contributed by atoms with Crippen molar-refractivity contribution in [3.8, 4) is 5.75 Å². The minimum absolute atomic E-state index is 0.0967. The number of anilines is 2. The fraction of sp³-hybridized carbons (Fsp3) is 0.419. The molecule has 0 aromatic heterocycles. The van der Waals surface area contributed by atoms with Gasteiger partial charge in [-0.05, 0) is 92.5 Å². The lowest BCUT2D eigenvalue weighted by molar-refractivity contribution is -0.141. The van der Waals surface area contributed by atoms with Crippen LogP contribution in [0.5, 0.6) is 5.75 Å². The molecule has 0 unspecified atom stereocenters. The molecule has 1 fully saturated rings. The number of ether oxygens (including phenoxy) is 3. The summed E-state index contributed by atoms with van der Waals surface area (Å²) in [7, 11) is 0. The Morgan fingerprint density at radius 1 is 0.921 bits per heavy atom. The standard InChI is InChI=1S/C31H40N2O5/c1-2-3-4-5-6-18-36-28-14-10-25(11-15-28)31(35)38-29-12-7-23(8-13-29)9-16-30(34)37-19-17-24-20-26(32)22-27(33)21-24/h2,7-9,12-13,16,20-22,25,28H,1,3-6,10-11,14-15,17-19,32-33H2/b16-9+. The minimum Gasteiger partial charge on any atom is -0.462 e. The molecule has 0 amide bonds. The van der Waals surface area contributed by atoms with Gasteiger partial charge in [0.1, 0.15) is 5.75 Å². The Labute approximate surface area is 225 Å². The van der Waals surface area contributed by atoms with Crippen LogP contribution in [0.3, 0.4) is 0 Å². The maximum atomic E-state index is 12.6. The van der Waals surface area contributed by atoms with E-state index in [-0.39, 0.29) is 24.6 Å². The highest BCUT2D eigenvalue weighted by molar-refractivity contribution is 5.87. The Morgan fingerprint density at radius 3 is 2.32 bits per heavy atom. The number of hydrogen-bond donors (Lipinski definition) is 2. The van der Waals surface area contributed by atoms with Gasteiger partial charge in [-0.15, -0.1) is 6.58 Å². The van der Waals surface area contributed by atoms with Gasteiger partial charge in [-0.3, -0.25) is 4.79 Å². The summed E-state index contributed by atoms with van der Waals surface area (Å²) in [4.78, 5) is 24.6. The molecular formula is C31H40N2O5. The zero-order valence-corrected chi connectivity index (χ0v) is 22.1. The van der Waals surface area contributed by atoms with Crippen molar-refractivity contribution >= 4 is 29.4 Å². The number of nitrogens with two attached hydrogens (primary N) is 2. The Balaban J connectivity index is 1.33. The normalized spacial score (nSPS) is 17.3. The molecule has 0 aliphatic heterocycles. The lowest BCUT2D eigenvalue weighted by Gasteiger charge is -2.27. The van der Waals surface area contributed by atoms with Crippen molar-refractivity contribution in [2.75, 3.05) is 24.7 Å². The van der Waals surface area contributed by atoms with Gasteiger partial charge < -0.3 is 25.7 Å². The maximum Gasteiger partial charge on any atom is 0.330 e. The van der Waals surface area contributed by atoms with Crippen LogP contribution in [0.4, 0.5) is 11.4 Å². The van der Waals surface area contributed by atoms with Crippen LogP contribution < -0.4 is 16.2 Å². The first-order valence-electron chi connectivity index (χ1n) is 13.5. The zero-order valence-electron chi connectivity index (χ0n) is 22.1. The monoisotopic (exact) mass is 520 g/mol. The van der Waals surface area contributed by atoms with Crippen LogP contribution in [0.1, 0.15) is 62.5 Å². The highest BCUT2D eigenvalue weighted by Gasteiger charge is 2.28. The van der Waals surface area contributed by atoms with E-state index in [0.717, 1.165) is 69.1 Å². The fourth-order valence-electron chi connectivity index (χ4n) is 4.50. The van der Waals surface area contributed by atoms with Crippen LogP contribution in [-0.4, -0.2) is 31.3 Å². The number of nitrogen functional groups attached to an aromatic ring is 2. The molecule has 38 heavy (non-hydrogen) atoms. The molecule has 0 radical (unpaired) electrons. The predicted molar refractivity (Wildman–Crippen MR) is 151 cm³/mol. The number of carbonyl (C=O) groups excluding carboxylic acids is 2. The number of benzene rings is 2. The van der Waals surface area contributed by atoms with Gasteiger partial charge in [-0.1, -0.05) is 24.6 Å². The second-order valence-electron chi connectivity index (χ2n) is 9.73. The van der Waals surface area contributed by atoms with Crippen LogP contribution in [0.15, 0.2) is 61.2 Å². The van der Waals surface area contributed by atoms with E-state index in [9.17, 15) is 9.59 Å².